The molecule has 2 saturated heterocycles. The van der Waals surface area contributed by atoms with Gasteiger partial charge in [0.1, 0.15) is 36.8 Å². The molecule has 69 heavy (non-hydrogen) atoms. The minimum absolute atomic E-state index is 0.0135. The van der Waals surface area contributed by atoms with Crippen LogP contribution in [0.3, 0.4) is 0 Å². The molecule has 0 aliphatic carbocycles. The van der Waals surface area contributed by atoms with Crippen molar-refractivity contribution in [3.05, 3.63) is 65.2 Å². The zero-order valence-electron chi connectivity index (χ0n) is 38.3. The van der Waals surface area contributed by atoms with Crippen molar-refractivity contribution in [3.8, 4) is 6.07 Å². The quantitative estimate of drug-likeness (QED) is 0.0427. The van der Waals surface area contributed by atoms with Gasteiger partial charge in [-0.15, -0.1) is 0 Å². The number of hydrogen-bond acceptors (Lipinski definition) is 19. The summed E-state index contributed by atoms with van der Waals surface area (Å²) in [7, 11) is -6.59. The Kier molecular flexibility index (Phi) is 16.1. The van der Waals surface area contributed by atoms with Gasteiger partial charge < -0.3 is 42.8 Å². The lowest BCUT2D eigenvalue weighted by Gasteiger charge is -2.41. The van der Waals surface area contributed by atoms with E-state index >= 15 is 4.39 Å². The molecule has 0 radical (unpaired) electrons. The van der Waals surface area contributed by atoms with Gasteiger partial charge in [0.15, 0.2) is 55.1 Å². The first-order valence-corrected chi connectivity index (χ1v) is 28.3. The number of ether oxygens (including phenoxy) is 2. The molecule has 4 aromatic heterocycles. The van der Waals surface area contributed by atoms with Gasteiger partial charge in [-0.2, -0.15) is 10.2 Å². The average molecular weight is 1040 g/mol. The SMILES string of the molecule is CC(C)C(=O)Nc1nc2c(ncn2[C@@H]2O[C@H](CO)C(O[Si](C)(C)C(C)(C)C)C2OP(=S)(OCCC#N)OC[C@H]2O[C@@H](n3cnc4c(NC(=O)c5ccccc5)ncnc43)C(F)C2O[PH](=O)O)c(=O)[nH]1. The number of aromatic amines is 1. The van der Waals surface area contributed by atoms with Crippen LogP contribution in [-0.2, 0) is 53.2 Å². The van der Waals surface area contributed by atoms with Crippen LogP contribution in [0.1, 0.15) is 63.9 Å². The zero-order valence-corrected chi connectivity index (χ0v) is 42.1. The van der Waals surface area contributed by atoms with Crippen LogP contribution in [0.15, 0.2) is 54.1 Å². The predicted molar refractivity (Wildman–Crippen MR) is 251 cm³/mol. The predicted octanol–water partition coefficient (Wildman–Crippen LogP) is 4.65. The molecule has 5 N–H and O–H groups in total. The number of aliphatic hydroxyl groups excluding tert-OH is 1. The number of imidazole rings is 2. The standard InChI is InChI=1S/C40H52FN11O13P2SSi/c1-21(2)34(54)49-39-48-33-27(36(56)50-39)46-20-52(33)38-30(29(23(16-53)61-38)65-69(6,7)40(3,4)5)64-67(68,59-15-11-14-42)60-17-24-28(63-66(57)58)25(41)37(62-24)51-19-45-26-31(43-18-44-32(26)51)47-35(55)22-12-9-8-10-13-22/h8-10,12-13,18-21,23-25,28-30,37-38,53,66H,11,15-17H2,1-7H3,(H,57,58)(H,43,44,47,55)(H2,48,49,50,54,56)/t23-,24-,25?,28?,29?,30?,37-,38-,67?/m1/s1. The number of aliphatic hydroxyl groups is 1. The van der Waals surface area contributed by atoms with Crippen LogP contribution in [0, 0.1) is 17.2 Å². The summed E-state index contributed by atoms with van der Waals surface area (Å²) in [5, 5.41) is 25.1. The first-order valence-electron chi connectivity index (χ1n) is 21.5. The van der Waals surface area contributed by atoms with Gasteiger partial charge in [0.25, 0.3) is 11.5 Å². The Balaban J connectivity index is 1.22. The second-order valence-electron chi connectivity index (χ2n) is 17.8. The minimum Gasteiger partial charge on any atom is -0.408 e. The minimum atomic E-state index is -4.22. The molecule has 2 aliphatic heterocycles. The Morgan fingerprint density at radius 3 is 2.35 bits per heavy atom. The molecule has 29 heteroatoms. The van der Waals surface area contributed by atoms with Gasteiger partial charge in [-0.05, 0) is 42.1 Å². The van der Waals surface area contributed by atoms with Crippen LogP contribution in [0.5, 0.6) is 0 Å². The molecule has 1 aromatic carbocycles. The van der Waals surface area contributed by atoms with Crippen LogP contribution >= 0.6 is 15.0 Å². The van der Waals surface area contributed by atoms with E-state index in [1.807, 2.05) is 39.9 Å². The maximum absolute atomic E-state index is 16.6. The van der Waals surface area contributed by atoms with Gasteiger partial charge in [0.2, 0.25) is 11.9 Å². The zero-order chi connectivity index (χ0) is 50.0. The maximum atomic E-state index is 16.6. The van der Waals surface area contributed by atoms with E-state index in [4.69, 9.17) is 43.8 Å². The normalized spacial score (nSPS) is 24.4. The number of carbonyl (C=O) groups excluding carboxylic acids is 2. The fraction of sp³-hybridized carbons (Fsp3) is 0.525. The van der Waals surface area contributed by atoms with Gasteiger partial charge >= 0.3 is 15.0 Å². The Labute approximate surface area is 400 Å². The molecule has 2 amide bonds. The second kappa shape index (κ2) is 21.3. The summed E-state index contributed by atoms with van der Waals surface area (Å²) in [4.78, 5) is 72.8. The Morgan fingerprint density at radius 2 is 1.70 bits per heavy atom. The van der Waals surface area contributed by atoms with E-state index in [2.05, 4.69) is 40.5 Å². The number of benzene rings is 1. The monoisotopic (exact) mass is 1040 g/mol. The number of carbonyl (C=O) groups is 2. The van der Waals surface area contributed by atoms with Gasteiger partial charge in [-0.3, -0.25) is 42.9 Å². The lowest BCUT2D eigenvalue weighted by atomic mass is 10.1. The van der Waals surface area contributed by atoms with E-state index in [1.165, 1.54) is 21.8 Å². The van der Waals surface area contributed by atoms with E-state index in [0.29, 0.717) is 5.56 Å². The van der Waals surface area contributed by atoms with E-state index in [9.17, 15) is 34.2 Å². The van der Waals surface area contributed by atoms with E-state index in [-0.39, 0.29) is 52.2 Å². The third kappa shape index (κ3) is 11.4. The Bertz CT molecular complexity index is 2850. The number of rotatable bonds is 19. The topological polar surface area (TPSA) is 311 Å². The number of H-pyrrole nitrogens is 1. The molecule has 6 heterocycles. The largest absolute Gasteiger partial charge is 0.408 e. The first-order chi connectivity index (χ1) is 32.6. The number of nitrogens with zero attached hydrogens (tertiary/aromatic N) is 8. The fourth-order valence-electron chi connectivity index (χ4n) is 7.11. The molecular weight excluding hydrogens is 984 g/mol. The number of fused-ring (bicyclic) bond motifs is 2. The molecule has 7 rings (SSSR count). The van der Waals surface area contributed by atoms with Crippen molar-refractivity contribution in [2.75, 3.05) is 30.5 Å². The van der Waals surface area contributed by atoms with Crippen LogP contribution in [0.2, 0.25) is 18.1 Å². The van der Waals surface area contributed by atoms with Crippen molar-refractivity contribution >= 4 is 81.0 Å². The molecule has 2 aliphatic rings. The smallest absolute Gasteiger partial charge is 0.327 e. The van der Waals surface area contributed by atoms with Gasteiger partial charge in [0, 0.05) is 11.5 Å². The molecule has 10 atom stereocenters. The Hall–Kier alpha value is -4.78. The fourth-order valence-corrected chi connectivity index (χ4v) is 11.0. The third-order valence-corrected chi connectivity index (χ3v) is 19.0. The van der Waals surface area contributed by atoms with Crippen LogP contribution in [0.4, 0.5) is 16.2 Å². The van der Waals surface area contributed by atoms with Crippen molar-refractivity contribution in [2.24, 2.45) is 5.92 Å². The van der Waals surface area contributed by atoms with Crippen molar-refractivity contribution in [1.29, 1.82) is 5.26 Å². The molecule has 5 aromatic rings. The molecule has 2 fully saturated rings. The number of nitriles is 1. The second-order valence-corrected chi connectivity index (χ2v) is 26.2. The van der Waals surface area contributed by atoms with Crippen LogP contribution in [-0.4, -0.2) is 126 Å². The number of nitrogens with one attached hydrogen (secondary N) is 3. The lowest BCUT2D eigenvalue weighted by molar-refractivity contribution is -0.118. The number of anilines is 2. The average Bonchev–Trinajstić information content (AvgIpc) is 4.07. The summed E-state index contributed by atoms with van der Waals surface area (Å²) in [5.74, 6) is -1.56. The van der Waals surface area contributed by atoms with E-state index < -0.39 is 109 Å². The molecule has 0 saturated carbocycles. The number of alkyl halides is 1. The summed E-state index contributed by atoms with van der Waals surface area (Å²) in [5.41, 5.74) is -0.437. The highest BCUT2D eigenvalue weighted by Gasteiger charge is 2.54. The van der Waals surface area contributed by atoms with Crippen molar-refractivity contribution in [2.45, 2.75) is 108 Å². The Morgan fingerprint density at radius 1 is 1.01 bits per heavy atom. The van der Waals surface area contributed by atoms with Gasteiger partial charge in [0.05, 0.1) is 45.0 Å². The molecule has 372 valence electrons. The lowest BCUT2D eigenvalue weighted by Crippen LogP contribution is -2.50. The number of halogens is 1. The van der Waals surface area contributed by atoms with Crippen molar-refractivity contribution < 1.29 is 60.5 Å². The summed E-state index contributed by atoms with van der Waals surface area (Å²) in [6, 6.07) is 10.3. The van der Waals surface area contributed by atoms with Gasteiger partial charge in [-0.1, -0.05) is 52.8 Å². The highest BCUT2D eigenvalue weighted by Crippen LogP contribution is 2.56. The summed E-state index contributed by atoms with van der Waals surface area (Å²) < 4.78 is 75.0. The molecule has 0 spiro atoms. The highest BCUT2D eigenvalue weighted by molar-refractivity contribution is 8.07. The van der Waals surface area contributed by atoms with E-state index in [1.54, 1.807) is 44.2 Å². The van der Waals surface area contributed by atoms with Crippen LogP contribution in [0.25, 0.3) is 22.3 Å². The maximum Gasteiger partial charge on any atom is 0.327 e. The molecule has 6 unspecified atom stereocenters. The third-order valence-electron chi connectivity index (χ3n) is 11.7. The van der Waals surface area contributed by atoms with Crippen molar-refractivity contribution in [3.63, 3.8) is 0 Å². The number of hydrogen-bond donors (Lipinski definition) is 5. The van der Waals surface area contributed by atoms with Gasteiger partial charge in [-0.25, -0.2) is 24.3 Å². The van der Waals surface area contributed by atoms with Crippen LogP contribution < -0.4 is 16.2 Å². The number of amides is 2. The summed E-state index contributed by atoms with van der Waals surface area (Å²) in [6.45, 7) is 7.42. The summed E-state index contributed by atoms with van der Waals surface area (Å²) in [6.07, 6.45) is -8.48. The highest BCUT2D eigenvalue weighted by atomic mass is 32.5. The van der Waals surface area contributed by atoms with Crippen molar-refractivity contribution in [1.82, 2.24) is 39.0 Å². The molecule has 24 nitrogen and oxygen atoms in total. The van der Waals surface area contributed by atoms with E-state index in [0.717, 1.165) is 6.33 Å². The number of aromatic nitrogens is 8. The summed E-state index contributed by atoms with van der Waals surface area (Å²) >= 11 is 6.00. The molecular formula is C40H52FN11O13P2SSi. The first kappa shape index (κ1) is 52.1. The molecule has 0 bridgehead atoms.